The Balaban J connectivity index is 1.30. The number of benzene rings is 1. The van der Waals surface area contributed by atoms with Crippen molar-refractivity contribution < 1.29 is 14.2 Å². The second-order valence-electron chi connectivity index (χ2n) is 9.35. The van der Waals surface area contributed by atoms with Crippen LogP contribution in [0.15, 0.2) is 24.3 Å². The molecule has 0 amide bonds. The molecular weight excluding hydrogens is 452 g/mol. The van der Waals surface area contributed by atoms with Crippen molar-refractivity contribution in [3.8, 4) is 11.5 Å². The van der Waals surface area contributed by atoms with Crippen molar-refractivity contribution in [1.29, 1.82) is 0 Å². The third-order valence-electron chi connectivity index (χ3n) is 6.34. The topological polar surface area (TPSA) is 84.0 Å². The van der Waals surface area contributed by atoms with Crippen LogP contribution in [-0.2, 0) is 11.3 Å². The second-order valence-corrected chi connectivity index (χ2v) is 9.76. The van der Waals surface area contributed by atoms with Gasteiger partial charge in [0.1, 0.15) is 11.6 Å². The smallest absolute Gasteiger partial charge is 0.232 e. The lowest BCUT2D eigenvalue weighted by atomic mass is 9.92. The molecule has 34 heavy (non-hydrogen) atoms. The fourth-order valence-electron chi connectivity index (χ4n) is 4.82. The van der Waals surface area contributed by atoms with Crippen LogP contribution in [0.3, 0.4) is 0 Å². The molecule has 5 rings (SSSR count). The molecule has 9 nitrogen and oxygen atoms in total. The fourth-order valence-corrected chi connectivity index (χ4v) is 4.99. The minimum Gasteiger partial charge on any atom is -0.454 e. The van der Waals surface area contributed by atoms with Crippen molar-refractivity contribution in [1.82, 2.24) is 15.3 Å². The summed E-state index contributed by atoms with van der Waals surface area (Å²) >= 11 is 5.57. The van der Waals surface area contributed by atoms with Crippen molar-refractivity contribution in [3.63, 3.8) is 0 Å². The van der Waals surface area contributed by atoms with Crippen LogP contribution in [0.4, 0.5) is 17.6 Å². The number of nitrogens with one attached hydrogen (secondary N) is 2. The summed E-state index contributed by atoms with van der Waals surface area (Å²) in [5.41, 5.74) is 1.05. The van der Waals surface area contributed by atoms with Crippen molar-refractivity contribution in [2.45, 2.75) is 26.8 Å². The number of hydrogen-bond acceptors (Lipinski definition) is 8. The zero-order valence-electron chi connectivity index (χ0n) is 19.7. The molecule has 2 fully saturated rings. The van der Waals surface area contributed by atoms with Gasteiger partial charge in [0.2, 0.25) is 12.7 Å². The van der Waals surface area contributed by atoms with Gasteiger partial charge in [0.15, 0.2) is 16.6 Å². The summed E-state index contributed by atoms with van der Waals surface area (Å²) in [6, 6.07) is 7.97. The maximum absolute atomic E-state index is 5.57. The van der Waals surface area contributed by atoms with Gasteiger partial charge in [0, 0.05) is 38.8 Å². The first-order chi connectivity index (χ1) is 16.5. The van der Waals surface area contributed by atoms with Crippen LogP contribution in [-0.4, -0.2) is 61.3 Å². The van der Waals surface area contributed by atoms with Gasteiger partial charge in [-0.2, -0.15) is 9.97 Å². The zero-order valence-corrected chi connectivity index (χ0v) is 20.6. The minimum absolute atomic E-state index is 0.264. The average Bonchev–Trinajstić information content (AvgIpc) is 3.30. The molecule has 1 aromatic heterocycles. The number of piperidine rings is 1. The Morgan fingerprint density at radius 3 is 2.47 bits per heavy atom. The van der Waals surface area contributed by atoms with Gasteiger partial charge in [0.05, 0.1) is 13.2 Å². The van der Waals surface area contributed by atoms with E-state index in [2.05, 4.69) is 40.3 Å². The van der Waals surface area contributed by atoms with Gasteiger partial charge in [-0.15, -0.1) is 0 Å². The van der Waals surface area contributed by atoms with E-state index in [0.717, 1.165) is 54.9 Å². The second kappa shape index (κ2) is 10.2. The maximum atomic E-state index is 5.57. The molecule has 2 atom stereocenters. The number of anilines is 3. The van der Waals surface area contributed by atoms with Crippen LogP contribution >= 0.6 is 12.2 Å². The van der Waals surface area contributed by atoms with E-state index in [1.807, 2.05) is 18.2 Å². The SMILES string of the molecule is CC1CC(C)CN(c2cc(N3CCOCC3)nc(NC(=S)NCc3ccc4c(c3)OCO4)n2)C1. The molecule has 2 unspecified atom stereocenters. The summed E-state index contributed by atoms with van der Waals surface area (Å²) in [5.74, 6) is 5.14. The minimum atomic E-state index is 0.264. The number of aromatic nitrogens is 2. The largest absolute Gasteiger partial charge is 0.454 e. The predicted molar refractivity (Wildman–Crippen MR) is 136 cm³/mol. The Hall–Kier alpha value is -2.85. The van der Waals surface area contributed by atoms with Gasteiger partial charge in [-0.3, -0.25) is 0 Å². The molecule has 3 aliphatic rings. The van der Waals surface area contributed by atoms with Gasteiger partial charge < -0.3 is 34.6 Å². The van der Waals surface area contributed by atoms with E-state index in [9.17, 15) is 0 Å². The predicted octanol–water partition coefficient (Wildman–Crippen LogP) is 3.01. The first kappa shape index (κ1) is 22.9. The number of rotatable bonds is 5. The number of morpholine rings is 1. The zero-order chi connectivity index (χ0) is 23.5. The van der Waals surface area contributed by atoms with Crippen molar-refractivity contribution >= 4 is 34.9 Å². The molecule has 0 spiro atoms. The van der Waals surface area contributed by atoms with Crippen LogP contribution in [0.1, 0.15) is 25.8 Å². The fraction of sp³-hybridized carbons (Fsp3) is 0.542. The van der Waals surface area contributed by atoms with Crippen LogP contribution in [0, 0.1) is 11.8 Å². The molecule has 0 bridgehead atoms. The van der Waals surface area contributed by atoms with Gasteiger partial charge in [-0.1, -0.05) is 19.9 Å². The molecule has 0 saturated carbocycles. The van der Waals surface area contributed by atoms with Gasteiger partial charge in [0.25, 0.3) is 0 Å². The van der Waals surface area contributed by atoms with Crippen molar-refractivity contribution in [2.75, 3.05) is 61.3 Å². The Labute approximate surface area is 205 Å². The molecule has 0 aliphatic carbocycles. The van der Waals surface area contributed by atoms with Crippen LogP contribution < -0.4 is 29.9 Å². The summed E-state index contributed by atoms with van der Waals surface area (Å²) in [5, 5.41) is 6.93. The summed E-state index contributed by atoms with van der Waals surface area (Å²) in [4.78, 5) is 14.3. The normalized spacial score (nSPS) is 21.9. The molecule has 4 heterocycles. The highest BCUT2D eigenvalue weighted by atomic mass is 32.1. The lowest BCUT2D eigenvalue weighted by Gasteiger charge is -2.36. The summed E-state index contributed by atoms with van der Waals surface area (Å²) in [6.45, 7) is 10.5. The summed E-state index contributed by atoms with van der Waals surface area (Å²) in [7, 11) is 0. The first-order valence-electron chi connectivity index (χ1n) is 11.9. The van der Waals surface area contributed by atoms with E-state index < -0.39 is 0 Å². The summed E-state index contributed by atoms with van der Waals surface area (Å²) < 4.78 is 16.4. The molecule has 1 aromatic carbocycles. The lowest BCUT2D eigenvalue weighted by Crippen LogP contribution is -2.40. The average molecular weight is 485 g/mol. The highest BCUT2D eigenvalue weighted by Gasteiger charge is 2.25. The molecule has 2 saturated heterocycles. The van der Waals surface area contributed by atoms with Crippen molar-refractivity contribution in [3.05, 3.63) is 29.8 Å². The number of thiocarbonyl (C=S) groups is 1. The number of hydrogen-bond donors (Lipinski definition) is 2. The van der Waals surface area contributed by atoms with Crippen LogP contribution in [0.25, 0.3) is 0 Å². The number of fused-ring (bicyclic) bond motifs is 1. The molecule has 2 aromatic rings. The lowest BCUT2D eigenvalue weighted by molar-refractivity contribution is 0.122. The molecule has 10 heteroatoms. The Morgan fingerprint density at radius 2 is 1.71 bits per heavy atom. The molecule has 182 valence electrons. The van der Waals surface area contributed by atoms with Crippen molar-refractivity contribution in [2.24, 2.45) is 11.8 Å². The summed E-state index contributed by atoms with van der Waals surface area (Å²) in [6.07, 6.45) is 1.25. The van der Waals surface area contributed by atoms with Gasteiger partial charge >= 0.3 is 0 Å². The van der Waals surface area contributed by atoms with Crippen LogP contribution in [0.5, 0.6) is 11.5 Å². The monoisotopic (exact) mass is 484 g/mol. The van der Waals surface area contributed by atoms with E-state index >= 15 is 0 Å². The Morgan fingerprint density at radius 1 is 1.00 bits per heavy atom. The maximum Gasteiger partial charge on any atom is 0.232 e. The van der Waals surface area contributed by atoms with Gasteiger partial charge in [-0.25, -0.2) is 0 Å². The first-order valence-corrected chi connectivity index (χ1v) is 12.3. The molecular formula is C24H32N6O3S. The standard InChI is InChI=1S/C24H32N6O3S/c1-16-9-17(2)14-30(13-16)22-11-21(29-5-7-31-8-6-29)26-23(27-22)28-24(34)25-12-18-3-4-19-20(10-18)33-15-32-19/h3-4,10-11,16-17H,5-9,12-15H2,1-2H3,(H2,25,26,27,28,34). The molecule has 0 radical (unpaired) electrons. The van der Waals surface area contributed by atoms with E-state index in [1.165, 1.54) is 6.42 Å². The highest BCUT2D eigenvalue weighted by Crippen LogP contribution is 2.32. The number of ether oxygens (including phenoxy) is 3. The Kier molecular flexibility index (Phi) is 6.87. The van der Waals surface area contributed by atoms with E-state index in [4.69, 9.17) is 36.4 Å². The van der Waals surface area contributed by atoms with Gasteiger partial charge in [-0.05, 0) is 48.2 Å². The highest BCUT2D eigenvalue weighted by molar-refractivity contribution is 7.80. The third kappa shape index (κ3) is 5.44. The Bertz CT molecular complexity index is 1020. The quantitative estimate of drug-likeness (QED) is 0.618. The van der Waals surface area contributed by atoms with E-state index in [-0.39, 0.29) is 6.79 Å². The van der Waals surface area contributed by atoms with E-state index in [1.54, 1.807) is 0 Å². The third-order valence-corrected chi connectivity index (χ3v) is 6.59. The number of nitrogens with zero attached hydrogens (tertiary/aromatic N) is 4. The molecule has 2 N–H and O–H groups in total. The molecule has 3 aliphatic heterocycles. The van der Waals surface area contributed by atoms with Crippen LogP contribution in [0.2, 0.25) is 0 Å². The van der Waals surface area contributed by atoms with E-state index in [0.29, 0.717) is 42.7 Å².